The van der Waals surface area contributed by atoms with Gasteiger partial charge in [0.05, 0.1) is 23.6 Å². The Morgan fingerprint density at radius 3 is 3.00 bits per heavy atom. The van der Waals surface area contributed by atoms with E-state index < -0.39 is 0 Å². The van der Waals surface area contributed by atoms with Gasteiger partial charge in [-0.1, -0.05) is 25.5 Å². The molecule has 17 heavy (non-hydrogen) atoms. The first kappa shape index (κ1) is 10.1. The number of nitrogens with two attached hydrogens (primary N) is 1. The monoisotopic (exact) mass is 226 g/mol. The highest BCUT2D eigenvalue weighted by molar-refractivity contribution is 5.85. The Hall–Kier alpha value is -2.10. The van der Waals surface area contributed by atoms with Crippen LogP contribution in [0, 0.1) is 0 Å². The quantitative estimate of drug-likeness (QED) is 0.730. The van der Waals surface area contributed by atoms with Crippen molar-refractivity contribution in [3.05, 3.63) is 36.3 Å². The summed E-state index contributed by atoms with van der Waals surface area (Å²) in [6, 6.07) is 6.22. The van der Waals surface area contributed by atoms with Crippen LogP contribution in [0.3, 0.4) is 0 Å². The van der Waals surface area contributed by atoms with Crippen molar-refractivity contribution in [1.29, 1.82) is 0 Å². The van der Waals surface area contributed by atoms with Crippen LogP contribution in [0.15, 0.2) is 30.7 Å². The second kappa shape index (κ2) is 3.73. The van der Waals surface area contributed by atoms with Gasteiger partial charge < -0.3 is 5.73 Å². The molecule has 86 valence electrons. The minimum absolute atomic E-state index is 0.540. The zero-order valence-corrected chi connectivity index (χ0v) is 9.72. The van der Waals surface area contributed by atoms with Crippen LogP contribution in [-0.4, -0.2) is 14.4 Å². The lowest BCUT2D eigenvalue weighted by Gasteiger charge is -2.08. The van der Waals surface area contributed by atoms with Crippen LogP contribution in [0.4, 0.5) is 5.82 Å². The van der Waals surface area contributed by atoms with Gasteiger partial charge >= 0.3 is 0 Å². The number of imidazole rings is 1. The minimum atomic E-state index is 0.540. The molecular weight excluding hydrogens is 212 g/mol. The summed E-state index contributed by atoms with van der Waals surface area (Å²) in [6.07, 6.45) is 5.65. The summed E-state index contributed by atoms with van der Waals surface area (Å²) in [5.41, 5.74) is 10.1. The molecule has 0 radical (unpaired) electrons. The van der Waals surface area contributed by atoms with Gasteiger partial charge in [-0.05, 0) is 18.1 Å². The fourth-order valence-corrected chi connectivity index (χ4v) is 2.23. The minimum Gasteiger partial charge on any atom is -0.382 e. The summed E-state index contributed by atoms with van der Waals surface area (Å²) in [5, 5.41) is 0. The molecule has 4 nitrogen and oxygen atoms in total. The Bertz CT molecular complexity index is 684. The van der Waals surface area contributed by atoms with E-state index in [-0.39, 0.29) is 0 Å². The molecule has 0 atom stereocenters. The van der Waals surface area contributed by atoms with Crippen molar-refractivity contribution >= 4 is 22.4 Å². The largest absolute Gasteiger partial charge is 0.382 e. The highest BCUT2D eigenvalue weighted by Crippen LogP contribution is 2.22. The third-order valence-electron chi connectivity index (χ3n) is 3.01. The van der Waals surface area contributed by atoms with Gasteiger partial charge in [-0.15, -0.1) is 0 Å². The molecule has 0 spiro atoms. The van der Waals surface area contributed by atoms with E-state index in [1.165, 1.54) is 5.56 Å². The van der Waals surface area contributed by atoms with Gasteiger partial charge in [0, 0.05) is 0 Å². The van der Waals surface area contributed by atoms with Gasteiger partial charge in [0.1, 0.15) is 11.3 Å². The van der Waals surface area contributed by atoms with Crippen molar-refractivity contribution in [2.75, 3.05) is 5.73 Å². The fourth-order valence-electron chi connectivity index (χ4n) is 2.23. The Morgan fingerprint density at radius 1 is 1.29 bits per heavy atom. The topological polar surface area (TPSA) is 56.2 Å². The highest BCUT2D eigenvalue weighted by Gasteiger charge is 2.08. The fraction of sp³-hybridized carbons (Fsp3) is 0.231. The molecule has 0 aliphatic rings. The molecule has 0 bridgehead atoms. The van der Waals surface area contributed by atoms with E-state index in [0.717, 1.165) is 29.4 Å². The molecule has 0 amide bonds. The molecule has 4 heteroatoms. The molecule has 3 aromatic rings. The van der Waals surface area contributed by atoms with Crippen LogP contribution < -0.4 is 5.73 Å². The number of nitrogen functional groups attached to an aromatic ring is 1. The van der Waals surface area contributed by atoms with Gasteiger partial charge in [-0.2, -0.15) is 0 Å². The van der Waals surface area contributed by atoms with E-state index in [2.05, 4.69) is 35.1 Å². The zero-order chi connectivity index (χ0) is 11.8. The first-order valence-corrected chi connectivity index (χ1v) is 5.80. The smallest absolute Gasteiger partial charge is 0.150 e. The maximum Gasteiger partial charge on any atom is 0.150 e. The first-order valence-electron chi connectivity index (χ1n) is 5.80. The second-order valence-corrected chi connectivity index (χ2v) is 4.18. The maximum absolute atomic E-state index is 5.96. The summed E-state index contributed by atoms with van der Waals surface area (Å²) in [4.78, 5) is 8.64. The van der Waals surface area contributed by atoms with Crippen LogP contribution >= 0.6 is 0 Å². The average molecular weight is 226 g/mol. The van der Waals surface area contributed by atoms with E-state index in [1.54, 1.807) is 12.5 Å². The Labute approximate surface area is 99.1 Å². The summed E-state index contributed by atoms with van der Waals surface area (Å²) < 4.78 is 2.00. The number of nitrogens with zero attached hydrogens (tertiary/aromatic N) is 3. The lowest BCUT2D eigenvalue weighted by atomic mass is 10.1. The van der Waals surface area contributed by atoms with Crippen molar-refractivity contribution in [3.63, 3.8) is 0 Å². The predicted molar refractivity (Wildman–Crippen MR) is 68.9 cm³/mol. The van der Waals surface area contributed by atoms with Crippen molar-refractivity contribution < 1.29 is 0 Å². The van der Waals surface area contributed by atoms with Gasteiger partial charge in [-0.25, -0.2) is 9.97 Å². The number of rotatable bonds is 2. The average Bonchev–Trinajstić information content (AvgIpc) is 2.81. The second-order valence-electron chi connectivity index (χ2n) is 4.18. The van der Waals surface area contributed by atoms with Crippen molar-refractivity contribution in [1.82, 2.24) is 14.4 Å². The van der Waals surface area contributed by atoms with Gasteiger partial charge in [0.15, 0.2) is 0 Å². The lowest BCUT2D eigenvalue weighted by Crippen LogP contribution is -2.00. The summed E-state index contributed by atoms with van der Waals surface area (Å²) in [6.45, 7) is 2.16. The van der Waals surface area contributed by atoms with Crippen LogP contribution in [0.25, 0.3) is 16.6 Å². The third kappa shape index (κ3) is 1.45. The lowest BCUT2D eigenvalue weighted by molar-refractivity contribution is 0.925. The van der Waals surface area contributed by atoms with Crippen LogP contribution in [-0.2, 0) is 6.42 Å². The molecule has 0 saturated heterocycles. The van der Waals surface area contributed by atoms with Gasteiger partial charge in [0.25, 0.3) is 0 Å². The van der Waals surface area contributed by atoms with Crippen molar-refractivity contribution in [3.8, 4) is 0 Å². The van der Waals surface area contributed by atoms with Crippen molar-refractivity contribution in [2.45, 2.75) is 19.8 Å². The number of aryl methyl sites for hydroxylation is 1. The Kier molecular flexibility index (Phi) is 2.21. The number of aromatic nitrogens is 3. The molecule has 2 N–H and O–H groups in total. The molecule has 0 aliphatic carbocycles. The molecule has 0 saturated carbocycles. The number of hydrogen-bond donors (Lipinski definition) is 1. The molecule has 2 aromatic heterocycles. The zero-order valence-electron chi connectivity index (χ0n) is 9.72. The van der Waals surface area contributed by atoms with Crippen LogP contribution in [0.5, 0.6) is 0 Å². The van der Waals surface area contributed by atoms with Gasteiger partial charge in [-0.3, -0.25) is 4.40 Å². The summed E-state index contributed by atoms with van der Waals surface area (Å²) in [7, 11) is 0. The van der Waals surface area contributed by atoms with Crippen LogP contribution in [0.2, 0.25) is 0 Å². The molecular formula is C13H14N4. The molecule has 0 unspecified atom stereocenters. The Morgan fingerprint density at radius 2 is 2.18 bits per heavy atom. The number of hydrogen-bond acceptors (Lipinski definition) is 3. The Balaban J connectivity index is 2.44. The number of para-hydroxylation sites is 1. The van der Waals surface area contributed by atoms with Gasteiger partial charge in [0.2, 0.25) is 0 Å². The first-order chi connectivity index (χ1) is 8.31. The number of benzene rings is 1. The summed E-state index contributed by atoms with van der Waals surface area (Å²) >= 11 is 0. The highest BCUT2D eigenvalue weighted by atomic mass is 15.0. The summed E-state index contributed by atoms with van der Waals surface area (Å²) in [5.74, 6) is 0.540. The van der Waals surface area contributed by atoms with Crippen LogP contribution in [0.1, 0.15) is 18.9 Å². The standard InChI is InChI=1S/C13H14N4/c1-2-4-9-5-3-6-10-12(9)16-13(14)11-7-15-8-17(10)11/h3,5-8H,2,4H2,1H3,(H2,14,16). The van der Waals surface area contributed by atoms with E-state index >= 15 is 0 Å². The number of anilines is 1. The molecule has 0 aliphatic heterocycles. The SMILES string of the molecule is CCCc1cccc2c1nc(N)c1cncn12. The maximum atomic E-state index is 5.96. The molecule has 0 fully saturated rings. The van der Waals surface area contributed by atoms with E-state index in [0.29, 0.717) is 5.82 Å². The number of fused-ring (bicyclic) bond motifs is 3. The predicted octanol–water partition coefficient (Wildman–Crippen LogP) is 2.42. The molecule has 2 heterocycles. The van der Waals surface area contributed by atoms with E-state index in [9.17, 15) is 0 Å². The molecule has 3 rings (SSSR count). The van der Waals surface area contributed by atoms with E-state index in [4.69, 9.17) is 5.73 Å². The van der Waals surface area contributed by atoms with E-state index in [1.807, 2.05) is 4.40 Å². The normalized spacial score (nSPS) is 11.4. The van der Waals surface area contributed by atoms with Crippen molar-refractivity contribution in [2.24, 2.45) is 0 Å². The third-order valence-corrected chi connectivity index (χ3v) is 3.01. The molecule has 1 aromatic carbocycles.